The molecule has 1 saturated heterocycles. The number of allylic oxidation sites excluding steroid dienone is 4. The SMILES string of the molecule is CCC/C=C\CCCCCCCC(=O)OC(COCCCCCCCC/C=C\CCCCCCC)COC1OC(CO)C(O)C(O)C1O. The molecule has 282 valence electrons. The van der Waals surface area contributed by atoms with Crippen molar-refractivity contribution >= 4 is 5.97 Å². The molecule has 1 fully saturated rings. The number of aliphatic hydroxyl groups excluding tert-OH is 4. The van der Waals surface area contributed by atoms with Crippen molar-refractivity contribution in [2.45, 2.75) is 192 Å². The van der Waals surface area contributed by atoms with Gasteiger partial charge in [0, 0.05) is 13.0 Å². The lowest BCUT2D eigenvalue weighted by Crippen LogP contribution is -2.59. The van der Waals surface area contributed by atoms with E-state index in [4.69, 9.17) is 18.9 Å². The molecular weight excluding hydrogens is 612 g/mol. The van der Waals surface area contributed by atoms with E-state index in [0.29, 0.717) is 13.0 Å². The van der Waals surface area contributed by atoms with E-state index in [2.05, 4.69) is 38.2 Å². The van der Waals surface area contributed by atoms with Gasteiger partial charge in [-0.2, -0.15) is 0 Å². The molecule has 0 saturated carbocycles. The zero-order valence-corrected chi connectivity index (χ0v) is 30.5. The average Bonchev–Trinajstić information content (AvgIpc) is 3.08. The molecular formula is C39H72O9. The van der Waals surface area contributed by atoms with Crippen molar-refractivity contribution in [3.63, 3.8) is 0 Å². The molecule has 4 N–H and O–H groups in total. The number of unbranched alkanes of at least 4 members (excludes halogenated alkanes) is 17. The van der Waals surface area contributed by atoms with Gasteiger partial charge in [-0.3, -0.25) is 4.79 Å². The molecule has 0 aliphatic carbocycles. The molecule has 1 aliphatic heterocycles. The smallest absolute Gasteiger partial charge is 0.306 e. The molecule has 48 heavy (non-hydrogen) atoms. The molecule has 6 atom stereocenters. The summed E-state index contributed by atoms with van der Waals surface area (Å²) in [7, 11) is 0. The summed E-state index contributed by atoms with van der Waals surface area (Å²) in [6.45, 7) is 4.45. The number of aliphatic hydroxyl groups is 4. The van der Waals surface area contributed by atoms with Crippen LogP contribution in [0.5, 0.6) is 0 Å². The maximum atomic E-state index is 12.6. The Bertz CT molecular complexity index is 787. The predicted octanol–water partition coefficient (Wildman–Crippen LogP) is 7.47. The minimum atomic E-state index is -1.54. The predicted molar refractivity (Wildman–Crippen MR) is 192 cm³/mol. The third-order valence-corrected chi connectivity index (χ3v) is 8.82. The first-order chi connectivity index (χ1) is 23.4. The molecule has 1 aliphatic rings. The molecule has 9 nitrogen and oxygen atoms in total. The number of esters is 1. The molecule has 1 rings (SSSR count). The zero-order chi connectivity index (χ0) is 35.1. The highest BCUT2D eigenvalue weighted by molar-refractivity contribution is 5.69. The fraction of sp³-hybridized carbons (Fsp3) is 0.872. The third kappa shape index (κ3) is 23.1. The number of carbonyl (C=O) groups excluding carboxylic acids is 1. The van der Waals surface area contributed by atoms with Crippen molar-refractivity contribution in [2.75, 3.05) is 26.4 Å². The van der Waals surface area contributed by atoms with E-state index in [1.807, 2.05) is 0 Å². The van der Waals surface area contributed by atoms with Crippen molar-refractivity contribution in [1.82, 2.24) is 0 Å². The minimum absolute atomic E-state index is 0.118. The lowest BCUT2D eigenvalue weighted by atomic mass is 9.99. The van der Waals surface area contributed by atoms with Gasteiger partial charge in [-0.15, -0.1) is 0 Å². The van der Waals surface area contributed by atoms with Crippen LogP contribution in [0.15, 0.2) is 24.3 Å². The summed E-state index contributed by atoms with van der Waals surface area (Å²) in [6, 6.07) is 0. The van der Waals surface area contributed by atoms with E-state index in [1.165, 1.54) is 77.0 Å². The third-order valence-electron chi connectivity index (χ3n) is 8.82. The highest BCUT2D eigenvalue weighted by Crippen LogP contribution is 2.22. The molecule has 0 spiro atoms. The summed E-state index contributed by atoms with van der Waals surface area (Å²) in [6.07, 6.45) is 26.3. The second-order valence-corrected chi connectivity index (χ2v) is 13.4. The molecule has 9 heteroatoms. The Labute approximate surface area is 292 Å². The summed E-state index contributed by atoms with van der Waals surface area (Å²) >= 11 is 0. The molecule has 0 bridgehead atoms. The summed E-state index contributed by atoms with van der Waals surface area (Å²) in [5, 5.41) is 39.9. The molecule has 0 radical (unpaired) electrons. The number of hydrogen-bond acceptors (Lipinski definition) is 9. The van der Waals surface area contributed by atoms with Crippen LogP contribution in [0, 0.1) is 0 Å². The van der Waals surface area contributed by atoms with Crippen LogP contribution in [-0.2, 0) is 23.7 Å². The fourth-order valence-electron chi connectivity index (χ4n) is 5.72. The topological polar surface area (TPSA) is 135 Å². The van der Waals surface area contributed by atoms with Gasteiger partial charge < -0.3 is 39.4 Å². The molecule has 1 heterocycles. The van der Waals surface area contributed by atoms with Crippen LogP contribution < -0.4 is 0 Å². The summed E-state index contributed by atoms with van der Waals surface area (Å²) in [5.41, 5.74) is 0. The second kappa shape index (κ2) is 31.6. The average molecular weight is 685 g/mol. The summed E-state index contributed by atoms with van der Waals surface area (Å²) in [4.78, 5) is 12.6. The number of hydrogen-bond donors (Lipinski definition) is 4. The Morgan fingerprint density at radius 2 is 1.19 bits per heavy atom. The fourth-order valence-corrected chi connectivity index (χ4v) is 5.72. The highest BCUT2D eigenvalue weighted by Gasteiger charge is 2.44. The Kier molecular flexibility index (Phi) is 29.5. The maximum absolute atomic E-state index is 12.6. The number of ether oxygens (including phenoxy) is 4. The van der Waals surface area contributed by atoms with Crippen molar-refractivity contribution in [1.29, 1.82) is 0 Å². The molecule has 0 aromatic carbocycles. The van der Waals surface area contributed by atoms with E-state index >= 15 is 0 Å². The quantitative estimate of drug-likeness (QED) is 0.0323. The van der Waals surface area contributed by atoms with E-state index in [9.17, 15) is 25.2 Å². The van der Waals surface area contributed by atoms with Gasteiger partial charge in [0.1, 0.15) is 30.5 Å². The minimum Gasteiger partial charge on any atom is -0.457 e. The van der Waals surface area contributed by atoms with Crippen LogP contribution in [-0.4, -0.2) is 89.6 Å². The van der Waals surface area contributed by atoms with Crippen molar-refractivity contribution in [3.05, 3.63) is 24.3 Å². The van der Waals surface area contributed by atoms with E-state index in [1.54, 1.807) is 0 Å². The van der Waals surface area contributed by atoms with Crippen molar-refractivity contribution < 1.29 is 44.2 Å². The van der Waals surface area contributed by atoms with Gasteiger partial charge in [0.25, 0.3) is 0 Å². The van der Waals surface area contributed by atoms with Crippen LogP contribution in [0.4, 0.5) is 0 Å². The van der Waals surface area contributed by atoms with Crippen molar-refractivity contribution in [2.24, 2.45) is 0 Å². The number of carbonyl (C=O) groups is 1. The molecule has 0 amide bonds. The zero-order valence-electron chi connectivity index (χ0n) is 30.5. The summed E-state index contributed by atoms with van der Waals surface area (Å²) in [5.74, 6) is -0.328. The first-order valence-electron chi connectivity index (χ1n) is 19.4. The Hall–Kier alpha value is -1.33. The lowest BCUT2D eigenvalue weighted by molar-refractivity contribution is -0.305. The van der Waals surface area contributed by atoms with Crippen LogP contribution in [0.3, 0.4) is 0 Å². The largest absolute Gasteiger partial charge is 0.457 e. The monoisotopic (exact) mass is 685 g/mol. The maximum Gasteiger partial charge on any atom is 0.306 e. The second-order valence-electron chi connectivity index (χ2n) is 13.4. The van der Waals surface area contributed by atoms with Crippen LogP contribution in [0.1, 0.15) is 155 Å². The van der Waals surface area contributed by atoms with Gasteiger partial charge in [0.2, 0.25) is 0 Å². The first-order valence-corrected chi connectivity index (χ1v) is 19.4. The van der Waals surface area contributed by atoms with Gasteiger partial charge >= 0.3 is 5.97 Å². The highest BCUT2D eigenvalue weighted by atomic mass is 16.7. The van der Waals surface area contributed by atoms with E-state index < -0.39 is 43.4 Å². The molecule has 0 aromatic heterocycles. The Balaban J connectivity index is 2.32. The van der Waals surface area contributed by atoms with Gasteiger partial charge in [0.05, 0.1) is 19.8 Å². The molecule has 0 aromatic rings. The van der Waals surface area contributed by atoms with Crippen LogP contribution >= 0.6 is 0 Å². The van der Waals surface area contributed by atoms with Gasteiger partial charge in [-0.1, -0.05) is 115 Å². The van der Waals surface area contributed by atoms with Gasteiger partial charge in [0.15, 0.2) is 6.29 Å². The standard InChI is InChI=1S/C39H72O9/c1-3-5-7-9-11-13-15-16-17-18-19-21-23-25-27-29-45-31-33(32-46-39-38(44)37(43)36(42)34(30-40)48-39)47-35(41)28-26-24-22-20-14-12-10-8-6-4-2/h8,10,15-16,33-34,36-40,42-44H,3-7,9,11-14,17-32H2,1-2H3/b10-8-,16-15-. The normalized spacial score (nSPS) is 22.2. The Morgan fingerprint density at radius 1 is 0.646 bits per heavy atom. The molecule has 6 unspecified atom stereocenters. The lowest BCUT2D eigenvalue weighted by Gasteiger charge is -2.39. The first kappa shape index (κ1) is 44.7. The van der Waals surface area contributed by atoms with E-state index in [-0.39, 0.29) is 19.2 Å². The Morgan fingerprint density at radius 3 is 1.77 bits per heavy atom. The van der Waals surface area contributed by atoms with Crippen molar-refractivity contribution in [3.8, 4) is 0 Å². The van der Waals surface area contributed by atoms with Gasteiger partial charge in [-0.05, 0) is 57.8 Å². The number of rotatable bonds is 32. The van der Waals surface area contributed by atoms with Crippen LogP contribution in [0.25, 0.3) is 0 Å². The summed E-state index contributed by atoms with van der Waals surface area (Å²) < 4.78 is 22.7. The van der Waals surface area contributed by atoms with Gasteiger partial charge in [-0.25, -0.2) is 0 Å². The van der Waals surface area contributed by atoms with Crippen LogP contribution in [0.2, 0.25) is 0 Å². The van der Waals surface area contributed by atoms with E-state index in [0.717, 1.165) is 57.8 Å².